The van der Waals surface area contributed by atoms with Crippen molar-refractivity contribution in [3.63, 3.8) is 0 Å². The van der Waals surface area contributed by atoms with Crippen LogP contribution in [-0.2, 0) is 24.0 Å². The summed E-state index contributed by atoms with van der Waals surface area (Å²) in [5.41, 5.74) is 10.8. The lowest BCUT2D eigenvalue weighted by atomic mass is 10.0. The lowest BCUT2D eigenvalue weighted by Crippen LogP contribution is -2.57. The molecule has 0 aromatic rings. The zero-order valence-corrected chi connectivity index (χ0v) is 16.8. The van der Waals surface area contributed by atoms with Crippen molar-refractivity contribution in [1.29, 1.82) is 0 Å². The van der Waals surface area contributed by atoms with Crippen LogP contribution >= 0.6 is 0 Å². The van der Waals surface area contributed by atoms with E-state index in [9.17, 15) is 24.0 Å². The van der Waals surface area contributed by atoms with Crippen LogP contribution in [0.25, 0.3) is 0 Å². The van der Waals surface area contributed by atoms with Crippen molar-refractivity contribution in [2.75, 3.05) is 0 Å². The first-order valence-corrected chi connectivity index (χ1v) is 8.95. The Morgan fingerprint density at radius 3 is 1.75 bits per heavy atom. The van der Waals surface area contributed by atoms with Gasteiger partial charge in [0.1, 0.15) is 18.1 Å². The third kappa shape index (κ3) is 8.33. The van der Waals surface area contributed by atoms with Crippen molar-refractivity contribution in [3.8, 4) is 0 Å². The lowest BCUT2D eigenvalue weighted by molar-refractivity contribution is -0.143. The predicted molar refractivity (Wildman–Crippen MR) is 101 cm³/mol. The molecule has 0 saturated heterocycles. The molecule has 0 bridgehead atoms. The molecule has 0 spiro atoms. The van der Waals surface area contributed by atoms with E-state index in [4.69, 9.17) is 16.6 Å². The highest BCUT2D eigenvalue weighted by Gasteiger charge is 2.30. The molecular formula is C17H31N5O6. The maximum Gasteiger partial charge on any atom is 0.326 e. The van der Waals surface area contributed by atoms with Gasteiger partial charge in [0.25, 0.3) is 0 Å². The fraction of sp³-hybridized carbons (Fsp3) is 0.706. The van der Waals surface area contributed by atoms with E-state index >= 15 is 0 Å². The van der Waals surface area contributed by atoms with Gasteiger partial charge in [-0.2, -0.15) is 0 Å². The summed E-state index contributed by atoms with van der Waals surface area (Å²) in [7, 11) is 0. The Kier molecular flexibility index (Phi) is 10.1. The van der Waals surface area contributed by atoms with E-state index in [-0.39, 0.29) is 11.8 Å². The molecule has 0 rings (SSSR count). The number of rotatable bonds is 11. The fourth-order valence-electron chi connectivity index (χ4n) is 2.15. The molecule has 4 atom stereocenters. The number of nitrogens with one attached hydrogen (secondary N) is 3. The molecule has 11 nitrogen and oxygen atoms in total. The summed E-state index contributed by atoms with van der Waals surface area (Å²) in [6.45, 7) is 8.02. The van der Waals surface area contributed by atoms with Crippen molar-refractivity contribution in [3.05, 3.63) is 0 Å². The van der Waals surface area contributed by atoms with Crippen LogP contribution in [0.15, 0.2) is 0 Å². The molecule has 160 valence electrons. The van der Waals surface area contributed by atoms with E-state index in [1.165, 1.54) is 6.92 Å². The number of aliphatic carboxylic acids is 1. The molecule has 0 aliphatic rings. The number of hydrogen-bond acceptors (Lipinski definition) is 6. The molecule has 0 aliphatic carbocycles. The minimum absolute atomic E-state index is 0.203. The molecule has 0 aromatic carbocycles. The van der Waals surface area contributed by atoms with Gasteiger partial charge >= 0.3 is 5.97 Å². The van der Waals surface area contributed by atoms with E-state index < -0.39 is 60.2 Å². The summed E-state index contributed by atoms with van der Waals surface area (Å²) in [6, 6.07) is -4.45. The molecule has 11 heteroatoms. The van der Waals surface area contributed by atoms with Crippen LogP contribution in [0.1, 0.15) is 41.0 Å². The Bertz CT molecular complexity index is 607. The van der Waals surface area contributed by atoms with Crippen LogP contribution in [0.3, 0.4) is 0 Å². The minimum Gasteiger partial charge on any atom is -0.480 e. The SMILES string of the molecule is CC(NC(=O)C(CC(N)=O)NC(=O)C(N)C(C)C)C(=O)NC(C(=O)O)C(C)C. The van der Waals surface area contributed by atoms with Crippen molar-refractivity contribution in [1.82, 2.24) is 16.0 Å². The average Bonchev–Trinajstić information content (AvgIpc) is 2.56. The summed E-state index contributed by atoms with van der Waals surface area (Å²) in [5.74, 6) is -4.79. The molecule has 0 fully saturated rings. The second-order valence-corrected chi connectivity index (χ2v) is 7.30. The Hall–Kier alpha value is -2.69. The van der Waals surface area contributed by atoms with Crippen LogP contribution < -0.4 is 27.4 Å². The Morgan fingerprint density at radius 2 is 1.36 bits per heavy atom. The van der Waals surface area contributed by atoms with Crippen LogP contribution in [0.4, 0.5) is 0 Å². The number of carboxylic acid groups (broad SMARTS) is 1. The van der Waals surface area contributed by atoms with Crippen molar-refractivity contribution in [2.24, 2.45) is 23.3 Å². The Morgan fingerprint density at radius 1 is 0.821 bits per heavy atom. The van der Waals surface area contributed by atoms with Crippen LogP contribution in [0, 0.1) is 11.8 Å². The van der Waals surface area contributed by atoms with Crippen LogP contribution in [-0.4, -0.2) is 58.9 Å². The third-order valence-corrected chi connectivity index (χ3v) is 4.04. The van der Waals surface area contributed by atoms with Gasteiger partial charge in [0.2, 0.25) is 23.6 Å². The largest absolute Gasteiger partial charge is 0.480 e. The maximum absolute atomic E-state index is 12.4. The molecule has 28 heavy (non-hydrogen) atoms. The zero-order valence-electron chi connectivity index (χ0n) is 16.8. The van der Waals surface area contributed by atoms with E-state index in [2.05, 4.69) is 16.0 Å². The normalized spacial score (nSPS) is 15.3. The highest BCUT2D eigenvalue weighted by atomic mass is 16.4. The number of nitrogens with two attached hydrogens (primary N) is 2. The van der Waals surface area contributed by atoms with E-state index in [0.717, 1.165) is 0 Å². The van der Waals surface area contributed by atoms with E-state index in [1.807, 2.05) is 0 Å². The molecule has 8 N–H and O–H groups in total. The van der Waals surface area contributed by atoms with Crippen molar-refractivity contribution < 1.29 is 29.1 Å². The molecule has 0 aliphatic heterocycles. The molecule has 0 radical (unpaired) electrons. The van der Waals surface area contributed by atoms with E-state index in [0.29, 0.717) is 0 Å². The Labute approximate surface area is 164 Å². The summed E-state index contributed by atoms with van der Waals surface area (Å²) in [6.07, 6.45) is -0.486. The molecule has 0 saturated carbocycles. The first kappa shape index (κ1) is 25.3. The third-order valence-electron chi connectivity index (χ3n) is 4.04. The van der Waals surface area contributed by atoms with Gasteiger partial charge in [0.05, 0.1) is 12.5 Å². The molecule has 4 unspecified atom stereocenters. The second-order valence-electron chi connectivity index (χ2n) is 7.30. The van der Waals surface area contributed by atoms with Gasteiger partial charge < -0.3 is 32.5 Å². The average molecular weight is 401 g/mol. The lowest BCUT2D eigenvalue weighted by Gasteiger charge is -2.24. The quantitative estimate of drug-likeness (QED) is 0.232. The van der Waals surface area contributed by atoms with Gasteiger partial charge in [-0.3, -0.25) is 19.2 Å². The highest BCUT2D eigenvalue weighted by molar-refractivity contribution is 5.96. The van der Waals surface area contributed by atoms with E-state index in [1.54, 1.807) is 27.7 Å². The molecule has 0 aromatic heterocycles. The second kappa shape index (κ2) is 11.2. The van der Waals surface area contributed by atoms with Gasteiger partial charge in [-0.25, -0.2) is 4.79 Å². The standard InChI is InChI=1S/C17H31N5O6/c1-7(2)12(19)16(26)21-10(6-11(18)23)15(25)20-9(5)14(24)22-13(8(3)4)17(27)28/h7-10,12-13H,6,19H2,1-5H3,(H2,18,23)(H,20,25)(H,21,26)(H,22,24)(H,27,28). The molecule has 0 heterocycles. The van der Waals surface area contributed by atoms with Crippen LogP contribution in [0.5, 0.6) is 0 Å². The number of hydrogen-bond donors (Lipinski definition) is 6. The number of amides is 4. The van der Waals surface area contributed by atoms with Gasteiger partial charge in [-0.05, 0) is 18.8 Å². The van der Waals surface area contributed by atoms with Gasteiger partial charge in [-0.15, -0.1) is 0 Å². The fourth-order valence-corrected chi connectivity index (χ4v) is 2.15. The summed E-state index contributed by atoms with van der Waals surface area (Å²) >= 11 is 0. The number of carboxylic acids is 1. The first-order valence-electron chi connectivity index (χ1n) is 8.95. The smallest absolute Gasteiger partial charge is 0.326 e. The van der Waals surface area contributed by atoms with Gasteiger partial charge in [0.15, 0.2) is 0 Å². The highest BCUT2D eigenvalue weighted by Crippen LogP contribution is 2.03. The Balaban J connectivity index is 5.09. The summed E-state index contributed by atoms with van der Waals surface area (Å²) in [4.78, 5) is 59.1. The monoisotopic (exact) mass is 401 g/mol. The van der Waals surface area contributed by atoms with Crippen molar-refractivity contribution >= 4 is 29.6 Å². The summed E-state index contributed by atoms with van der Waals surface area (Å²) in [5, 5.41) is 16.1. The number of carbonyl (C=O) groups excluding carboxylic acids is 4. The van der Waals surface area contributed by atoms with Crippen LogP contribution in [0.2, 0.25) is 0 Å². The predicted octanol–water partition coefficient (Wildman–Crippen LogP) is -1.94. The topological polar surface area (TPSA) is 194 Å². The maximum atomic E-state index is 12.4. The number of carbonyl (C=O) groups is 5. The number of primary amides is 1. The molecule has 4 amide bonds. The van der Waals surface area contributed by atoms with Crippen molar-refractivity contribution in [2.45, 2.75) is 65.2 Å². The van der Waals surface area contributed by atoms with Gasteiger partial charge in [-0.1, -0.05) is 27.7 Å². The first-order chi connectivity index (χ1) is 12.8. The molecular weight excluding hydrogens is 370 g/mol. The van der Waals surface area contributed by atoms with Gasteiger partial charge in [0, 0.05) is 0 Å². The zero-order chi connectivity index (χ0) is 22.2. The minimum atomic E-state index is -1.31. The summed E-state index contributed by atoms with van der Waals surface area (Å²) < 4.78 is 0.